The third-order valence-corrected chi connectivity index (χ3v) is 10.7. The number of phosphoric acid groups is 3. The molecule has 270 valence electrons. The van der Waals surface area contributed by atoms with Crippen molar-refractivity contribution in [3.05, 3.63) is 36.4 Å². The first-order valence-electron chi connectivity index (χ1n) is 13.9. The first kappa shape index (κ1) is 36.0. The van der Waals surface area contributed by atoms with Gasteiger partial charge in [-0.05, 0) is 6.07 Å². The minimum Gasteiger partial charge on any atom is -0.387 e. The smallest absolute Gasteiger partial charge is 0.387 e. The largest absolute Gasteiger partial charge is 0.481 e. The molecule has 0 bridgehead atoms. The lowest BCUT2D eigenvalue weighted by molar-refractivity contribution is -0.765. The van der Waals surface area contributed by atoms with Gasteiger partial charge in [0.15, 0.2) is 42.7 Å². The molecule has 1 amide bonds. The minimum atomic E-state index is -5.52. The highest BCUT2D eigenvalue weighted by Crippen LogP contribution is 2.61. The fourth-order valence-electron chi connectivity index (χ4n) is 5.42. The van der Waals surface area contributed by atoms with Crippen molar-refractivity contribution in [2.24, 2.45) is 5.73 Å². The van der Waals surface area contributed by atoms with Gasteiger partial charge in [-0.15, -0.1) is 0 Å². The molecule has 6 rings (SSSR count). The average molecular weight is 759 g/mol. The zero-order valence-corrected chi connectivity index (χ0v) is 27.1. The summed E-state index contributed by atoms with van der Waals surface area (Å²) in [5.74, 6) is -0.609. The van der Waals surface area contributed by atoms with Crippen LogP contribution in [0.25, 0.3) is 0 Å². The van der Waals surface area contributed by atoms with Gasteiger partial charge in [-0.3, -0.25) is 28.3 Å². The molecule has 2 aromatic rings. The molecule has 25 nitrogen and oxygen atoms in total. The zero-order chi connectivity index (χ0) is 35.6. The van der Waals surface area contributed by atoms with E-state index in [9.17, 15) is 53.4 Å². The molecule has 11 atom stereocenters. The Morgan fingerprint density at radius 1 is 1.00 bits per heavy atom. The number of hydrazine groups is 1. The van der Waals surface area contributed by atoms with Crippen LogP contribution in [0.1, 0.15) is 16.6 Å². The number of nitrogens with one attached hydrogen (secondary N) is 1. The van der Waals surface area contributed by atoms with Crippen LogP contribution >= 0.6 is 23.5 Å². The van der Waals surface area contributed by atoms with Crippen LogP contribution in [0.5, 0.6) is 0 Å². The lowest BCUT2D eigenvalue weighted by atomic mass is 10.1. The quantitative estimate of drug-likeness (QED) is 0.0528. The Labute approximate surface area is 273 Å². The Bertz CT molecular complexity index is 1760. The Balaban J connectivity index is 1.07. The van der Waals surface area contributed by atoms with Crippen molar-refractivity contribution in [2.75, 3.05) is 28.9 Å². The van der Waals surface area contributed by atoms with Gasteiger partial charge in [0.2, 0.25) is 0 Å². The number of phosphoric ester groups is 3. The van der Waals surface area contributed by atoms with Gasteiger partial charge in [0.25, 0.3) is 12.1 Å². The van der Waals surface area contributed by atoms with Crippen LogP contribution < -0.4 is 31.4 Å². The number of hydrogen-bond acceptors (Lipinski definition) is 19. The SMILES string of the molecule is NC(=O)c1ccc[n+]([C@@H]2O[C@H](COP(=O)(O)OP(=O)(O)OC[C@H]3O[C@@H](N4c5ncnc(N)c5N5N[C@H]54)[C@H](OP(=O)(O)O)[C@@H]3O)[C@@H](O)[C@H]2O)c1. The molecular weight excluding hydrogens is 729 g/mol. The highest BCUT2D eigenvalue weighted by Gasteiger charge is 2.60. The maximum Gasteiger partial charge on any atom is 0.481 e. The minimum absolute atomic E-state index is 0.0429. The van der Waals surface area contributed by atoms with E-state index in [1.54, 1.807) is 0 Å². The molecule has 2 aromatic heterocycles. The van der Waals surface area contributed by atoms with Gasteiger partial charge in [0.05, 0.1) is 13.2 Å². The van der Waals surface area contributed by atoms with E-state index in [4.69, 9.17) is 34.5 Å². The monoisotopic (exact) mass is 759 g/mol. The summed E-state index contributed by atoms with van der Waals surface area (Å²) < 4.78 is 67.8. The van der Waals surface area contributed by atoms with Crippen LogP contribution in [-0.4, -0.2) is 113 Å². The molecule has 0 radical (unpaired) electrons. The molecule has 49 heavy (non-hydrogen) atoms. The molecule has 0 spiro atoms. The van der Waals surface area contributed by atoms with Crippen LogP contribution in [0.3, 0.4) is 0 Å². The van der Waals surface area contributed by atoms with Gasteiger partial charge in [0, 0.05) is 6.07 Å². The van der Waals surface area contributed by atoms with E-state index in [-0.39, 0.29) is 17.2 Å². The number of nitrogen functional groups attached to an aromatic ring is 1. The van der Waals surface area contributed by atoms with E-state index in [0.717, 1.165) is 6.33 Å². The third-order valence-electron chi connectivity index (χ3n) is 7.61. The molecule has 3 saturated heterocycles. The summed E-state index contributed by atoms with van der Waals surface area (Å²) >= 11 is 0. The highest BCUT2D eigenvalue weighted by atomic mass is 31.3. The molecule has 2 unspecified atom stereocenters. The number of aliphatic hydroxyl groups is 3. The average Bonchev–Trinajstić information content (AvgIpc) is 3.52. The number of nitrogens with zero attached hydrogens (tertiary/aromatic N) is 5. The van der Waals surface area contributed by atoms with Crippen LogP contribution in [0, 0.1) is 0 Å². The summed E-state index contributed by atoms with van der Waals surface area (Å²) in [6.07, 6.45) is -9.98. The predicted octanol–water partition coefficient (Wildman–Crippen LogP) is -3.99. The molecule has 12 N–H and O–H groups in total. The number of primary amides is 1. The maximum absolute atomic E-state index is 12.6. The summed E-state index contributed by atoms with van der Waals surface area (Å²) in [7, 11) is -16.3. The van der Waals surface area contributed by atoms with Gasteiger partial charge in [0.1, 0.15) is 48.1 Å². The van der Waals surface area contributed by atoms with Gasteiger partial charge >= 0.3 is 23.5 Å². The maximum atomic E-state index is 12.6. The van der Waals surface area contributed by atoms with Crippen molar-refractivity contribution >= 4 is 46.7 Å². The molecule has 0 aromatic carbocycles. The van der Waals surface area contributed by atoms with Crippen molar-refractivity contribution in [1.82, 2.24) is 15.4 Å². The number of rotatable bonds is 13. The number of anilines is 3. The van der Waals surface area contributed by atoms with E-state index < -0.39 is 98.0 Å². The van der Waals surface area contributed by atoms with Crippen LogP contribution in [0.4, 0.5) is 17.3 Å². The number of fused-ring (bicyclic) bond motifs is 3. The number of carbonyl (C=O) groups is 1. The molecular formula is C21H30N8O17P3+. The molecule has 4 aliphatic rings. The number of amides is 1. The molecule has 28 heteroatoms. The molecule has 3 fully saturated rings. The number of nitrogens with two attached hydrogens (primary N) is 2. The zero-order valence-electron chi connectivity index (χ0n) is 24.4. The summed E-state index contributed by atoms with van der Waals surface area (Å²) in [6.45, 7) is -2.01. The second kappa shape index (κ2) is 13.1. The Morgan fingerprint density at radius 2 is 1.65 bits per heavy atom. The first-order chi connectivity index (χ1) is 22.9. The highest BCUT2D eigenvalue weighted by molar-refractivity contribution is 7.61. The topological polar surface area (TPSA) is 375 Å². The van der Waals surface area contributed by atoms with Crippen molar-refractivity contribution < 1.29 is 85.3 Å². The first-order valence-corrected chi connectivity index (χ1v) is 18.4. The molecule has 0 saturated carbocycles. The Kier molecular flexibility index (Phi) is 9.62. The number of aromatic nitrogens is 3. The Hall–Kier alpha value is -2.77. The lowest BCUT2D eigenvalue weighted by Crippen LogP contribution is -2.47. The predicted molar refractivity (Wildman–Crippen MR) is 154 cm³/mol. The fraction of sp³-hybridized carbons (Fsp3) is 0.524. The number of aliphatic hydroxyl groups excluding tert-OH is 3. The summed E-state index contributed by atoms with van der Waals surface area (Å²) in [4.78, 5) is 60.0. The van der Waals surface area contributed by atoms with Crippen molar-refractivity contribution in [3.8, 4) is 0 Å². The van der Waals surface area contributed by atoms with E-state index in [1.807, 2.05) is 0 Å². The number of pyridine rings is 1. The lowest BCUT2D eigenvalue weighted by Gasteiger charge is -2.29. The number of hydrogen-bond donors (Lipinski definition) is 10. The normalized spacial score (nSPS) is 33.2. The summed E-state index contributed by atoms with van der Waals surface area (Å²) in [5, 5.41) is 33.2. The standard InChI is InChI=1S/C21H29N8O17P3/c22-16-11-18(25-7-24-16)28(21-26-29(11)21)20-15(45-47(34,35)36)13(31)10(44-20)6-42-49(39,40)46-48(37,38)41-5-9-12(30)14(32)19(43-9)27-3-1-2-8(4-27)17(23)33/h1-4,7,9-10,12-15,19-21,26,30-32H,5-6H2,(H7-,22,23,24,25,33,34,35,36,37,38,39,40)/p+1/t9-,10-,12-,13-,14-,15-,19-,20-,21+,29?/m1/s1. The number of ether oxygens (including phenoxy) is 2. The van der Waals surface area contributed by atoms with Crippen molar-refractivity contribution in [1.29, 1.82) is 0 Å². The molecule has 0 aliphatic carbocycles. The second-order valence-corrected chi connectivity index (χ2v) is 15.1. The molecule has 4 aliphatic heterocycles. The van der Waals surface area contributed by atoms with Crippen LogP contribution in [0.2, 0.25) is 0 Å². The van der Waals surface area contributed by atoms with Gasteiger partial charge in [-0.1, -0.05) is 0 Å². The number of carbonyl (C=O) groups excluding carboxylic acids is 1. The van der Waals surface area contributed by atoms with Crippen LogP contribution in [-0.2, 0) is 41.1 Å². The van der Waals surface area contributed by atoms with E-state index >= 15 is 0 Å². The van der Waals surface area contributed by atoms with E-state index in [2.05, 4.69) is 19.7 Å². The third kappa shape index (κ3) is 7.49. The van der Waals surface area contributed by atoms with Crippen molar-refractivity contribution in [3.63, 3.8) is 0 Å². The summed E-state index contributed by atoms with van der Waals surface area (Å²) in [5.41, 5.74) is 14.4. The second-order valence-electron chi connectivity index (χ2n) is 10.9. The van der Waals surface area contributed by atoms with Crippen LogP contribution in [0.15, 0.2) is 30.9 Å². The molecule has 6 heterocycles. The Morgan fingerprint density at radius 3 is 2.29 bits per heavy atom. The van der Waals surface area contributed by atoms with E-state index in [1.165, 1.54) is 39.0 Å². The van der Waals surface area contributed by atoms with E-state index in [0.29, 0.717) is 5.69 Å². The van der Waals surface area contributed by atoms with Gasteiger partial charge < -0.3 is 55.8 Å². The van der Waals surface area contributed by atoms with Gasteiger partial charge in [-0.25, -0.2) is 23.7 Å². The van der Waals surface area contributed by atoms with Crippen molar-refractivity contribution in [2.45, 2.75) is 55.4 Å². The summed E-state index contributed by atoms with van der Waals surface area (Å²) in [6, 6.07) is 2.80. The van der Waals surface area contributed by atoms with Gasteiger partial charge in [-0.2, -0.15) is 14.3 Å². The fourth-order valence-corrected chi connectivity index (χ4v) is 8.05.